The summed E-state index contributed by atoms with van der Waals surface area (Å²) < 4.78 is 0. The number of hydrogen-bond acceptors (Lipinski definition) is 6. The third-order valence-electron chi connectivity index (χ3n) is 6.52. The Kier molecular flexibility index (Phi) is 4.72. The summed E-state index contributed by atoms with van der Waals surface area (Å²) in [5.41, 5.74) is 4.65. The van der Waals surface area contributed by atoms with Crippen LogP contribution in [0.4, 0.5) is 5.82 Å². The van der Waals surface area contributed by atoms with E-state index in [4.69, 9.17) is 9.97 Å². The van der Waals surface area contributed by atoms with E-state index in [9.17, 15) is 0 Å². The van der Waals surface area contributed by atoms with Gasteiger partial charge in [0.15, 0.2) is 0 Å². The number of aliphatic imine (C=N–C) groups is 1. The number of hydrogen-bond donors (Lipinski definition) is 1. The van der Waals surface area contributed by atoms with Crippen LogP contribution in [-0.4, -0.2) is 47.3 Å². The van der Waals surface area contributed by atoms with Crippen molar-refractivity contribution in [2.45, 2.75) is 31.1 Å². The summed E-state index contributed by atoms with van der Waals surface area (Å²) in [6, 6.07) is 10.5. The minimum atomic E-state index is 0.0931. The topological polar surface area (TPSA) is 66.3 Å². The van der Waals surface area contributed by atoms with E-state index in [1.54, 1.807) is 0 Å². The maximum atomic E-state index is 5.25. The van der Waals surface area contributed by atoms with Gasteiger partial charge in [0, 0.05) is 50.2 Å². The molecular formula is C25H26N6. The smallest absolute Gasteiger partial charge is 0.140 e. The van der Waals surface area contributed by atoms with Gasteiger partial charge in [-0.3, -0.25) is 9.98 Å². The quantitative estimate of drug-likeness (QED) is 0.706. The predicted octanol–water partition coefficient (Wildman–Crippen LogP) is 3.91. The van der Waals surface area contributed by atoms with E-state index in [2.05, 4.69) is 44.5 Å². The van der Waals surface area contributed by atoms with Crippen molar-refractivity contribution in [3.8, 4) is 0 Å². The summed E-state index contributed by atoms with van der Waals surface area (Å²) >= 11 is 0. The number of aromatic nitrogens is 3. The van der Waals surface area contributed by atoms with Crippen LogP contribution in [-0.2, 0) is 0 Å². The number of benzene rings is 1. The minimum Gasteiger partial charge on any atom is -0.353 e. The summed E-state index contributed by atoms with van der Waals surface area (Å²) in [6.07, 6.45) is 11.2. The molecule has 31 heavy (non-hydrogen) atoms. The van der Waals surface area contributed by atoms with Gasteiger partial charge in [0.25, 0.3) is 0 Å². The number of nitrogens with zero attached hydrogens (tertiary/aromatic N) is 5. The standard InChI is InChI=1S/C25H26N6/c1-2-4-17(5-3-1)20-14-27-9-8-19(20)24-29-22-16-28-15-21(18-6-7-18)23(22)25(30-24)31-12-10-26-11-13-31/h1-5,9,14-16,18-19,26H,6-8,10-13H2. The fourth-order valence-electron chi connectivity index (χ4n) is 4.74. The molecule has 1 aliphatic carbocycles. The van der Waals surface area contributed by atoms with Crippen LogP contribution in [0.5, 0.6) is 0 Å². The Morgan fingerprint density at radius 2 is 1.81 bits per heavy atom. The van der Waals surface area contributed by atoms with Gasteiger partial charge in [0.1, 0.15) is 11.6 Å². The molecule has 2 aliphatic heterocycles. The van der Waals surface area contributed by atoms with E-state index in [-0.39, 0.29) is 5.92 Å². The van der Waals surface area contributed by atoms with E-state index in [1.165, 1.54) is 34.9 Å². The Hall–Kier alpha value is -3.12. The summed E-state index contributed by atoms with van der Waals surface area (Å²) in [5, 5.41) is 4.67. The Morgan fingerprint density at radius 1 is 0.968 bits per heavy atom. The second kappa shape index (κ2) is 7.85. The summed E-state index contributed by atoms with van der Waals surface area (Å²) in [7, 11) is 0. The van der Waals surface area contributed by atoms with Crippen molar-refractivity contribution in [2.75, 3.05) is 31.1 Å². The lowest BCUT2D eigenvalue weighted by atomic mass is 9.88. The second-order valence-electron chi connectivity index (χ2n) is 8.61. The first-order valence-electron chi connectivity index (χ1n) is 11.3. The molecule has 1 N–H and O–H groups in total. The van der Waals surface area contributed by atoms with Crippen molar-refractivity contribution < 1.29 is 0 Å². The van der Waals surface area contributed by atoms with Crippen LogP contribution in [0.2, 0.25) is 0 Å². The highest BCUT2D eigenvalue weighted by Gasteiger charge is 2.31. The lowest BCUT2D eigenvalue weighted by Crippen LogP contribution is -2.44. The summed E-state index contributed by atoms with van der Waals surface area (Å²) in [4.78, 5) is 21.8. The van der Waals surface area contributed by atoms with Gasteiger partial charge in [-0.05, 0) is 41.9 Å². The largest absolute Gasteiger partial charge is 0.353 e. The van der Waals surface area contributed by atoms with Gasteiger partial charge < -0.3 is 10.2 Å². The first-order chi connectivity index (χ1) is 15.4. The van der Waals surface area contributed by atoms with Crippen LogP contribution < -0.4 is 10.2 Å². The number of allylic oxidation sites excluding steroid dienone is 1. The van der Waals surface area contributed by atoms with Gasteiger partial charge in [-0.15, -0.1) is 0 Å². The molecule has 1 atom stereocenters. The van der Waals surface area contributed by atoms with Crippen molar-refractivity contribution in [3.05, 3.63) is 65.9 Å². The fourth-order valence-corrected chi connectivity index (χ4v) is 4.74. The van der Waals surface area contributed by atoms with Crippen molar-refractivity contribution in [1.82, 2.24) is 20.3 Å². The molecule has 0 spiro atoms. The van der Waals surface area contributed by atoms with Gasteiger partial charge in [-0.1, -0.05) is 30.3 Å². The second-order valence-corrected chi connectivity index (χ2v) is 8.61. The molecule has 1 unspecified atom stereocenters. The summed E-state index contributed by atoms with van der Waals surface area (Å²) in [5.74, 6) is 2.65. The predicted molar refractivity (Wildman–Crippen MR) is 125 cm³/mol. The third-order valence-corrected chi connectivity index (χ3v) is 6.52. The molecule has 1 aromatic carbocycles. The zero-order valence-electron chi connectivity index (χ0n) is 17.5. The molecular weight excluding hydrogens is 384 g/mol. The molecule has 3 aromatic rings. The first-order valence-corrected chi connectivity index (χ1v) is 11.3. The molecule has 6 nitrogen and oxygen atoms in total. The molecule has 0 bridgehead atoms. The Bertz CT molecular complexity index is 1160. The highest BCUT2D eigenvalue weighted by Crippen LogP contribution is 2.45. The molecule has 3 aliphatic rings. The Labute approximate surface area is 182 Å². The molecule has 2 fully saturated rings. The van der Waals surface area contributed by atoms with Gasteiger partial charge in [-0.25, -0.2) is 9.97 Å². The first kappa shape index (κ1) is 18.6. The highest BCUT2D eigenvalue weighted by molar-refractivity contribution is 5.93. The number of fused-ring (bicyclic) bond motifs is 1. The number of nitrogens with one attached hydrogen (secondary N) is 1. The number of pyridine rings is 1. The van der Waals surface area contributed by atoms with Crippen molar-refractivity contribution in [2.24, 2.45) is 4.99 Å². The average molecular weight is 411 g/mol. The molecule has 0 radical (unpaired) electrons. The maximum Gasteiger partial charge on any atom is 0.140 e. The molecule has 4 heterocycles. The molecule has 1 saturated heterocycles. The van der Waals surface area contributed by atoms with Gasteiger partial charge in [0.2, 0.25) is 0 Å². The van der Waals surface area contributed by atoms with Crippen LogP contribution in [0.15, 0.2) is 53.9 Å². The van der Waals surface area contributed by atoms with E-state index in [0.717, 1.165) is 49.8 Å². The van der Waals surface area contributed by atoms with E-state index < -0.39 is 0 Å². The van der Waals surface area contributed by atoms with Crippen molar-refractivity contribution in [3.63, 3.8) is 0 Å². The highest BCUT2D eigenvalue weighted by atomic mass is 15.2. The number of piperazine rings is 1. The summed E-state index contributed by atoms with van der Waals surface area (Å²) in [6.45, 7) is 3.89. The SMILES string of the molecule is C1=NC=C(c2ccccc2)C(c2nc(N3CCNCC3)c3c(C4CC4)cncc3n2)C1. The van der Waals surface area contributed by atoms with Crippen LogP contribution in [0, 0.1) is 0 Å². The zero-order valence-corrected chi connectivity index (χ0v) is 17.5. The lowest BCUT2D eigenvalue weighted by Gasteiger charge is -2.31. The monoisotopic (exact) mass is 410 g/mol. The fraction of sp³-hybridized carbons (Fsp3) is 0.360. The third kappa shape index (κ3) is 3.51. The van der Waals surface area contributed by atoms with Gasteiger partial charge in [-0.2, -0.15) is 0 Å². The minimum absolute atomic E-state index is 0.0931. The van der Waals surface area contributed by atoms with Crippen LogP contribution in [0.3, 0.4) is 0 Å². The number of rotatable bonds is 4. The Balaban J connectivity index is 1.51. The van der Waals surface area contributed by atoms with E-state index in [1.807, 2.05) is 30.9 Å². The van der Waals surface area contributed by atoms with Crippen LogP contribution >= 0.6 is 0 Å². The molecule has 0 amide bonds. The lowest BCUT2D eigenvalue weighted by molar-refractivity contribution is 0.584. The van der Waals surface area contributed by atoms with Gasteiger partial charge >= 0.3 is 0 Å². The number of anilines is 1. The average Bonchev–Trinajstić information content (AvgIpc) is 3.70. The normalized spacial score (nSPS) is 21.4. The zero-order chi connectivity index (χ0) is 20.6. The molecule has 6 heteroatoms. The van der Waals surface area contributed by atoms with Crippen molar-refractivity contribution in [1.29, 1.82) is 0 Å². The molecule has 156 valence electrons. The maximum absolute atomic E-state index is 5.25. The van der Waals surface area contributed by atoms with Crippen LogP contribution in [0.1, 0.15) is 48.0 Å². The molecule has 6 rings (SSSR count). The van der Waals surface area contributed by atoms with Crippen molar-refractivity contribution >= 4 is 28.5 Å². The van der Waals surface area contributed by atoms with Gasteiger partial charge in [0.05, 0.1) is 17.6 Å². The Morgan fingerprint density at radius 3 is 2.61 bits per heavy atom. The van der Waals surface area contributed by atoms with Crippen LogP contribution in [0.25, 0.3) is 16.5 Å². The molecule has 1 saturated carbocycles. The van der Waals surface area contributed by atoms with E-state index in [0.29, 0.717) is 5.92 Å². The van der Waals surface area contributed by atoms with E-state index >= 15 is 0 Å². The molecule has 2 aromatic heterocycles.